The fourth-order valence-corrected chi connectivity index (χ4v) is 9.45. The molecule has 4 aromatic carbocycles. The number of benzene rings is 4. The summed E-state index contributed by atoms with van der Waals surface area (Å²) in [5.41, 5.74) is 3.16. The SMILES string of the molecule is CC(C)C(CS(=O)(=O)NCc1ccccc1)C(=O)NC(Cc1ccccc1)C(O)C(Cc1ccccc1)NC(=O)C(CS(=O)(=O)NCc1ccccc1)C(C)C. The van der Waals surface area contributed by atoms with Crippen molar-refractivity contribution < 1.29 is 31.5 Å². The van der Waals surface area contributed by atoms with Crippen LogP contribution in [-0.4, -0.2) is 63.4 Å². The van der Waals surface area contributed by atoms with Crippen LogP contribution in [0.2, 0.25) is 0 Å². The number of amides is 2. The molecule has 0 radical (unpaired) electrons. The molecule has 5 N–H and O–H groups in total. The number of aliphatic hydroxyl groups excluding tert-OH is 1. The van der Waals surface area contributed by atoms with E-state index in [9.17, 15) is 31.5 Å². The average Bonchev–Trinajstić information content (AvgIpc) is 3.18. The molecule has 4 atom stereocenters. The minimum absolute atomic E-state index is 0.0770. The molecule has 13 heteroatoms. The van der Waals surface area contributed by atoms with Crippen molar-refractivity contribution in [3.63, 3.8) is 0 Å². The van der Waals surface area contributed by atoms with Crippen LogP contribution in [0.1, 0.15) is 49.9 Å². The van der Waals surface area contributed by atoms with Crippen LogP contribution < -0.4 is 20.1 Å². The Bertz CT molecular complexity index is 1870. The number of nitrogens with one attached hydrogen (secondary N) is 4. The van der Waals surface area contributed by atoms with E-state index in [4.69, 9.17) is 0 Å². The minimum atomic E-state index is -3.89. The molecule has 4 aromatic rings. The Kier molecular flexibility index (Phi) is 16.8. The third-order valence-electron chi connectivity index (χ3n) is 9.84. The molecule has 0 fully saturated rings. The van der Waals surface area contributed by atoms with Crippen molar-refractivity contribution in [1.29, 1.82) is 0 Å². The molecular weight excluding hydrogens is 749 g/mol. The normalized spacial score (nSPS) is 14.8. The Morgan fingerprint density at radius 3 is 1.07 bits per heavy atom. The topological polar surface area (TPSA) is 171 Å². The van der Waals surface area contributed by atoms with Gasteiger partial charge < -0.3 is 15.7 Å². The second kappa shape index (κ2) is 21.2. The molecule has 0 aromatic heterocycles. The predicted molar refractivity (Wildman–Crippen MR) is 221 cm³/mol. The molecule has 0 heterocycles. The lowest BCUT2D eigenvalue weighted by molar-refractivity contribution is -0.128. The van der Waals surface area contributed by atoms with Gasteiger partial charge in [-0.1, -0.05) is 149 Å². The second-order valence-electron chi connectivity index (χ2n) is 15.0. The number of carbonyl (C=O) groups excluding carboxylic acids is 2. The van der Waals surface area contributed by atoms with Crippen LogP contribution in [0.15, 0.2) is 121 Å². The molecule has 0 aliphatic rings. The number of rotatable bonds is 22. The van der Waals surface area contributed by atoms with Gasteiger partial charge in [-0.25, -0.2) is 26.3 Å². The van der Waals surface area contributed by atoms with E-state index >= 15 is 0 Å². The Balaban J connectivity index is 1.58. The maximum atomic E-state index is 14.1. The van der Waals surface area contributed by atoms with Crippen LogP contribution in [0, 0.1) is 23.7 Å². The van der Waals surface area contributed by atoms with Crippen molar-refractivity contribution in [2.45, 2.75) is 71.8 Å². The molecule has 11 nitrogen and oxygen atoms in total. The Morgan fingerprint density at radius 2 is 0.786 bits per heavy atom. The number of sulfonamides is 2. The highest BCUT2D eigenvalue weighted by molar-refractivity contribution is 7.89. The standard InChI is InChI=1S/C43H56N4O7S2/c1-31(2)37(29-55(51,52)44-27-35-21-13-7-14-22-35)42(49)46-39(25-33-17-9-5-10-18-33)41(48)40(26-34-19-11-6-12-20-34)47-43(50)38(32(3)4)30-56(53,54)45-28-36-23-15-8-16-24-36/h5-24,31-32,37-41,44-45,48H,25-30H2,1-4H3,(H,46,49)(H,47,50). The first-order valence-electron chi connectivity index (χ1n) is 19.0. The first kappa shape index (κ1) is 44.3. The number of aliphatic hydroxyl groups is 1. The zero-order chi connectivity index (χ0) is 40.7. The molecule has 4 rings (SSSR count). The summed E-state index contributed by atoms with van der Waals surface area (Å²) in [4.78, 5) is 28.2. The highest BCUT2D eigenvalue weighted by Gasteiger charge is 2.37. The van der Waals surface area contributed by atoms with E-state index in [0.717, 1.165) is 22.3 Å². The van der Waals surface area contributed by atoms with Gasteiger partial charge in [0.2, 0.25) is 31.9 Å². The van der Waals surface area contributed by atoms with E-state index < -0.39 is 73.4 Å². The minimum Gasteiger partial charge on any atom is -0.389 e. The number of carbonyl (C=O) groups is 2. The van der Waals surface area contributed by atoms with Gasteiger partial charge in [-0.05, 0) is 46.9 Å². The van der Waals surface area contributed by atoms with Gasteiger partial charge in [0.05, 0.1) is 41.5 Å². The van der Waals surface area contributed by atoms with E-state index in [1.807, 2.05) is 97.1 Å². The lowest BCUT2D eigenvalue weighted by atomic mass is 9.89. The molecule has 56 heavy (non-hydrogen) atoms. The molecule has 0 saturated carbocycles. The fourth-order valence-electron chi connectivity index (χ4n) is 6.42. The van der Waals surface area contributed by atoms with Crippen molar-refractivity contribution in [3.05, 3.63) is 144 Å². The van der Waals surface area contributed by atoms with Gasteiger partial charge in [-0.2, -0.15) is 0 Å². The summed E-state index contributed by atoms with van der Waals surface area (Å²) < 4.78 is 58.2. The van der Waals surface area contributed by atoms with Gasteiger partial charge in [-0.3, -0.25) is 9.59 Å². The van der Waals surface area contributed by atoms with Crippen molar-refractivity contribution in [1.82, 2.24) is 20.1 Å². The molecule has 0 bridgehead atoms. The van der Waals surface area contributed by atoms with Crippen molar-refractivity contribution in [3.8, 4) is 0 Å². The Hall–Kier alpha value is -4.40. The van der Waals surface area contributed by atoms with Crippen LogP contribution in [0.3, 0.4) is 0 Å². The van der Waals surface area contributed by atoms with Gasteiger partial charge in [0.15, 0.2) is 0 Å². The Labute approximate surface area is 332 Å². The second-order valence-corrected chi connectivity index (χ2v) is 18.7. The molecule has 302 valence electrons. The highest BCUT2D eigenvalue weighted by Crippen LogP contribution is 2.20. The predicted octanol–water partition coefficient (Wildman–Crippen LogP) is 4.59. The van der Waals surface area contributed by atoms with Crippen LogP contribution in [0.25, 0.3) is 0 Å². The highest BCUT2D eigenvalue weighted by atomic mass is 32.2. The maximum Gasteiger partial charge on any atom is 0.224 e. The average molecular weight is 805 g/mol. The molecular formula is C43H56N4O7S2. The van der Waals surface area contributed by atoms with Gasteiger partial charge in [0.25, 0.3) is 0 Å². The zero-order valence-electron chi connectivity index (χ0n) is 32.5. The molecule has 0 aliphatic carbocycles. The first-order chi connectivity index (χ1) is 26.6. The van der Waals surface area contributed by atoms with Crippen molar-refractivity contribution in [2.75, 3.05) is 11.5 Å². The van der Waals surface area contributed by atoms with E-state index in [2.05, 4.69) is 20.1 Å². The molecule has 0 spiro atoms. The van der Waals surface area contributed by atoms with Crippen LogP contribution in [0.5, 0.6) is 0 Å². The summed E-state index contributed by atoms with van der Waals surface area (Å²) in [5, 5.41) is 18.2. The van der Waals surface area contributed by atoms with Crippen molar-refractivity contribution >= 4 is 31.9 Å². The maximum absolute atomic E-state index is 14.1. The van der Waals surface area contributed by atoms with Crippen LogP contribution >= 0.6 is 0 Å². The monoisotopic (exact) mass is 804 g/mol. The lowest BCUT2D eigenvalue weighted by Gasteiger charge is -2.34. The summed E-state index contributed by atoms with van der Waals surface area (Å²) in [6, 6.07) is 34.7. The van der Waals surface area contributed by atoms with Gasteiger partial charge in [-0.15, -0.1) is 0 Å². The molecule has 0 aliphatic heterocycles. The third-order valence-corrected chi connectivity index (χ3v) is 12.6. The summed E-state index contributed by atoms with van der Waals surface area (Å²) in [7, 11) is -7.79. The molecule has 2 amide bonds. The number of hydrogen-bond acceptors (Lipinski definition) is 7. The van der Waals surface area contributed by atoms with E-state index in [1.54, 1.807) is 52.0 Å². The van der Waals surface area contributed by atoms with E-state index in [-0.39, 0.29) is 37.8 Å². The third kappa shape index (κ3) is 14.6. The lowest BCUT2D eigenvalue weighted by Crippen LogP contribution is -2.58. The number of hydrogen-bond donors (Lipinski definition) is 5. The van der Waals surface area contributed by atoms with E-state index in [0.29, 0.717) is 0 Å². The fraction of sp³-hybridized carbons (Fsp3) is 0.395. The Morgan fingerprint density at radius 1 is 0.500 bits per heavy atom. The quantitative estimate of drug-likeness (QED) is 0.0774. The summed E-state index contributed by atoms with van der Waals surface area (Å²) in [6.07, 6.45) is -1.03. The van der Waals surface area contributed by atoms with Gasteiger partial charge in [0, 0.05) is 13.1 Å². The largest absolute Gasteiger partial charge is 0.389 e. The zero-order valence-corrected chi connectivity index (χ0v) is 34.2. The summed E-state index contributed by atoms with van der Waals surface area (Å²) in [6.45, 7) is 7.24. The summed E-state index contributed by atoms with van der Waals surface area (Å²) in [5.74, 6) is -4.71. The van der Waals surface area contributed by atoms with Gasteiger partial charge in [0.1, 0.15) is 0 Å². The van der Waals surface area contributed by atoms with Gasteiger partial charge >= 0.3 is 0 Å². The van der Waals surface area contributed by atoms with Crippen LogP contribution in [0.4, 0.5) is 0 Å². The van der Waals surface area contributed by atoms with Crippen molar-refractivity contribution in [2.24, 2.45) is 23.7 Å². The molecule has 0 saturated heterocycles. The van der Waals surface area contributed by atoms with Crippen LogP contribution in [-0.2, 0) is 55.6 Å². The summed E-state index contributed by atoms with van der Waals surface area (Å²) >= 11 is 0. The van der Waals surface area contributed by atoms with E-state index in [1.165, 1.54) is 0 Å². The first-order valence-corrected chi connectivity index (χ1v) is 22.3. The molecule has 4 unspecified atom stereocenters. The smallest absolute Gasteiger partial charge is 0.224 e.